The first-order valence-electron chi connectivity index (χ1n) is 6.08. The van der Waals surface area contributed by atoms with Crippen molar-refractivity contribution in [1.82, 2.24) is 0 Å². The smallest absolute Gasteiger partial charge is 0.338 e. The number of carboxylic acid groups (broad SMARTS) is 1. The molecule has 2 rings (SSSR count). The average Bonchev–Trinajstić information content (AvgIpc) is 2.38. The molecule has 0 aliphatic heterocycles. The minimum Gasteiger partial charge on any atom is -0.478 e. The lowest BCUT2D eigenvalue weighted by Gasteiger charge is -2.19. The number of carboxylic acids is 1. The number of nitrogens with one attached hydrogen (secondary N) is 1. The highest BCUT2D eigenvalue weighted by molar-refractivity contribution is 5.89. The molecule has 0 bridgehead atoms. The maximum atomic E-state index is 13.2. The molecule has 4 heteroatoms. The van der Waals surface area contributed by atoms with E-state index < -0.39 is 11.8 Å². The van der Waals surface area contributed by atoms with Crippen molar-refractivity contribution in [3.63, 3.8) is 0 Å². The highest BCUT2D eigenvalue weighted by Gasteiger charge is 2.12. The average molecular weight is 249 g/mol. The molecule has 18 heavy (non-hydrogen) atoms. The van der Waals surface area contributed by atoms with Gasteiger partial charge in [-0.1, -0.05) is 12.2 Å². The predicted octanol–water partition coefficient (Wildman–Crippen LogP) is 3.29. The summed E-state index contributed by atoms with van der Waals surface area (Å²) >= 11 is 0. The second kappa shape index (κ2) is 5.67. The van der Waals surface area contributed by atoms with Gasteiger partial charge in [0, 0.05) is 12.2 Å². The maximum absolute atomic E-state index is 13.2. The molecule has 0 saturated carbocycles. The van der Waals surface area contributed by atoms with Crippen LogP contribution in [0, 0.1) is 11.7 Å². The Kier molecular flexibility index (Phi) is 3.97. The number of allylic oxidation sites excluding steroid dienone is 2. The molecule has 3 nitrogen and oxygen atoms in total. The molecule has 0 radical (unpaired) electrons. The number of hydrogen-bond acceptors (Lipinski definition) is 2. The van der Waals surface area contributed by atoms with Gasteiger partial charge in [0.15, 0.2) is 0 Å². The molecule has 0 spiro atoms. The molecule has 0 heterocycles. The van der Waals surface area contributed by atoms with E-state index in [1.165, 1.54) is 12.1 Å². The van der Waals surface area contributed by atoms with Crippen LogP contribution in [0.25, 0.3) is 0 Å². The summed E-state index contributed by atoms with van der Waals surface area (Å²) in [4.78, 5) is 10.8. The van der Waals surface area contributed by atoms with Gasteiger partial charge in [-0.05, 0) is 43.4 Å². The Balaban J connectivity index is 1.99. The molecule has 96 valence electrons. The van der Waals surface area contributed by atoms with Crippen molar-refractivity contribution in [2.75, 3.05) is 11.9 Å². The third-order valence-electron chi connectivity index (χ3n) is 3.17. The van der Waals surface area contributed by atoms with Crippen molar-refractivity contribution >= 4 is 11.7 Å². The van der Waals surface area contributed by atoms with E-state index in [-0.39, 0.29) is 5.56 Å². The number of aromatic carboxylic acids is 1. The zero-order chi connectivity index (χ0) is 13.0. The van der Waals surface area contributed by atoms with E-state index in [4.69, 9.17) is 5.11 Å². The van der Waals surface area contributed by atoms with Gasteiger partial charge >= 0.3 is 5.97 Å². The number of hydrogen-bond donors (Lipinski definition) is 2. The van der Waals surface area contributed by atoms with Crippen LogP contribution in [-0.4, -0.2) is 17.6 Å². The molecule has 0 aromatic heterocycles. The van der Waals surface area contributed by atoms with Crippen LogP contribution in [-0.2, 0) is 0 Å². The van der Waals surface area contributed by atoms with Gasteiger partial charge in [-0.3, -0.25) is 0 Å². The Morgan fingerprint density at radius 3 is 2.94 bits per heavy atom. The third-order valence-corrected chi connectivity index (χ3v) is 3.17. The first-order valence-corrected chi connectivity index (χ1v) is 6.08. The minimum atomic E-state index is -1.24. The number of halogens is 1. The van der Waals surface area contributed by atoms with E-state index in [9.17, 15) is 9.18 Å². The van der Waals surface area contributed by atoms with Crippen molar-refractivity contribution in [2.24, 2.45) is 5.92 Å². The Labute approximate surface area is 105 Å². The Morgan fingerprint density at radius 2 is 2.28 bits per heavy atom. The van der Waals surface area contributed by atoms with E-state index in [0.29, 0.717) is 11.6 Å². The fourth-order valence-corrected chi connectivity index (χ4v) is 2.10. The summed E-state index contributed by atoms with van der Waals surface area (Å²) in [5.41, 5.74) is 0.367. The van der Waals surface area contributed by atoms with Crippen LogP contribution < -0.4 is 5.32 Å². The summed E-state index contributed by atoms with van der Waals surface area (Å²) < 4.78 is 13.2. The lowest BCUT2D eigenvalue weighted by Crippen LogP contribution is -2.15. The van der Waals surface area contributed by atoms with Gasteiger partial charge in [0.05, 0.1) is 5.56 Å². The minimum absolute atomic E-state index is 0.288. The fourth-order valence-electron chi connectivity index (χ4n) is 2.10. The highest BCUT2D eigenvalue weighted by Crippen LogP contribution is 2.20. The monoisotopic (exact) mass is 249 g/mol. The quantitative estimate of drug-likeness (QED) is 0.805. The number of carbonyl (C=O) groups is 1. The molecule has 0 amide bonds. The van der Waals surface area contributed by atoms with E-state index in [1.54, 1.807) is 6.07 Å². The van der Waals surface area contributed by atoms with Gasteiger partial charge in [-0.2, -0.15) is 0 Å². The van der Waals surface area contributed by atoms with Crippen LogP contribution in [0.15, 0.2) is 30.4 Å². The Bertz CT molecular complexity index is 471. The first kappa shape index (κ1) is 12.6. The fraction of sp³-hybridized carbons (Fsp3) is 0.357. The molecule has 2 N–H and O–H groups in total. The Hall–Kier alpha value is -1.84. The van der Waals surface area contributed by atoms with Crippen LogP contribution in [0.3, 0.4) is 0 Å². The van der Waals surface area contributed by atoms with Crippen molar-refractivity contribution in [3.8, 4) is 0 Å². The number of benzene rings is 1. The van der Waals surface area contributed by atoms with Crippen LogP contribution >= 0.6 is 0 Å². The summed E-state index contributed by atoms with van der Waals surface area (Å²) in [5, 5.41) is 12.0. The topological polar surface area (TPSA) is 49.3 Å². The van der Waals surface area contributed by atoms with Gasteiger partial charge < -0.3 is 10.4 Å². The van der Waals surface area contributed by atoms with Gasteiger partial charge in [0.25, 0.3) is 0 Å². The molecule has 1 aliphatic carbocycles. The number of anilines is 1. The van der Waals surface area contributed by atoms with Crippen molar-refractivity contribution in [3.05, 3.63) is 41.7 Å². The van der Waals surface area contributed by atoms with Crippen LogP contribution in [0.1, 0.15) is 29.6 Å². The molecular weight excluding hydrogens is 233 g/mol. The van der Waals surface area contributed by atoms with Gasteiger partial charge in [0.2, 0.25) is 0 Å². The second-order valence-electron chi connectivity index (χ2n) is 4.53. The maximum Gasteiger partial charge on any atom is 0.338 e. The molecule has 1 aromatic carbocycles. The van der Waals surface area contributed by atoms with Gasteiger partial charge in [-0.15, -0.1) is 0 Å². The molecule has 1 unspecified atom stereocenters. The molecule has 0 fully saturated rings. The molecule has 1 aliphatic rings. The lowest BCUT2D eigenvalue weighted by molar-refractivity contribution is 0.0692. The molecule has 1 atom stereocenters. The van der Waals surface area contributed by atoms with Crippen LogP contribution in [0.5, 0.6) is 0 Å². The summed E-state index contributed by atoms with van der Waals surface area (Å²) in [5.74, 6) is -1.38. The van der Waals surface area contributed by atoms with Gasteiger partial charge in [-0.25, -0.2) is 9.18 Å². The zero-order valence-electron chi connectivity index (χ0n) is 10.0. The van der Waals surface area contributed by atoms with Crippen molar-refractivity contribution in [2.45, 2.75) is 19.3 Å². The van der Waals surface area contributed by atoms with Gasteiger partial charge in [0.1, 0.15) is 5.82 Å². The summed E-state index contributed by atoms with van der Waals surface area (Å²) in [6, 6.07) is 4.10. The predicted molar refractivity (Wildman–Crippen MR) is 68.3 cm³/mol. The third kappa shape index (κ3) is 3.09. The lowest BCUT2D eigenvalue weighted by atomic mass is 9.94. The van der Waals surface area contributed by atoms with E-state index in [0.717, 1.165) is 25.8 Å². The zero-order valence-corrected chi connectivity index (χ0v) is 10.0. The summed E-state index contributed by atoms with van der Waals surface area (Å²) in [6.07, 6.45) is 7.62. The second-order valence-corrected chi connectivity index (χ2v) is 4.53. The van der Waals surface area contributed by atoms with Crippen molar-refractivity contribution < 1.29 is 14.3 Å². The Morgan fingerprint density at radius 1 is 1.44 bits per heavy atom. The van der Waals surface area contributed by atoms with E-state index >= 15 is 0 Å². The molecular formula is C14H16FNO2. The normalized spacial score (nSPS) is 18.6. The summed E-state index contributed by atoms with van der Waals surface area (Å²) in [6.45, 7) is 0.787. The first-order chi connectivity index (χ1) is 8.66. The summed E-state index contributed by atoms with van der Waals surface area (Å²) in [7, 11) is 0. The SMILES string of the molecule is O=C(O)c1cc(NCC2CC=CCC2)ccc1F. The number of rotatable bonds is 4. The van der Waals surface area contributed by atoms with E-state index in [2.05, 4.69) is 17.5 Å². The van der Waals surface area contributed by atoms with Crippen LogP contribution in [0.2, 0.25) is 0 Å². The van der Waals surface area contributed by atoms with E-state index in [1.807, 2.05) is 0 Å². The molecule has 0 saturated heterocycles. The molecule has 1 aromatic rings. The van der Waals surface area contributed by atoms with Crippen molar-refractivity contribution in [1.29, 1.82) is 0 Å². The highest BCUT2D eigenvalue weighted by atomic mass is 19.1. The standard InChI is InChI=1S/C14H16FNO2/c15-13-7-6-11(8-12(13)14(17)18)16-9-10-4-2-1-3-5-10/h1-2,6-8,10,16H,3-5,9H2,(H,17,18). The largest absolute Gasteiger partial charge is 0.478 e. The van der Waals surface area contributed by atoms with Crippen LogP contribution in [0.4, 0.5) is 10.1 Å².